The van der Waals surface area contributed by atoms with Gasteiger partial charge in [-0.3, -0.25) is 0 Å². The molecule has 10 heteroatoms. The van der Waals surface area contributed by atoms with E-state index in [1.54, 1.807) is 20.3 Å². The van der Waals surface area contributed by atoms with Crippen LogP contribution in [-0.2, 0) is 15.1 Å². The number of ether oxygens (including phenoxy) is 4. The van der Waals surface area contributed by atoms with Crippen molar-refractivity contribution in [3.63, 3.8) is 0 Å². The minimum absolute atomic E-state index is 0.0528. The van der Waals surface area contributed by atoms with Gasteiger partial charge in [0.1, 0.15) is 35.4 Å². The van der Waals surface area contributed by atoms with E-state index in [2.05, 4.69) is 15.0 Å². The third-order valence-electron chi connectivity index (χ3n) is 7.91. The number of urea groups is 1. The van der Waals surface area contributed by atoms with Crippen LogP contribution in [-0.4, -0.2) is 74.2 Å². The average Bonchev–Trinajstić information content (AvgIpc) is 3.62. The molecule has 1 fully saturated rings. The molecule has 0 saturated carbocycles. The van der Waals surface area contributed by atoms with Crippen molar-refractivity contribution in [2.24, 2.45) is 15.0 Å². The number of aliphatic imine (C=N–C) groups is 3. The normalized spacial score (nSPS) is 24.1. The molecule has 1 saturated heterocycles. The van der Waals surface area contributed by atoms with E-state index in [1.807, 2.05) is 79.7 Å². The van der Waals surface area contributed by atoms with Crippen molar-refractivity contribution in [2.45, 2.75) is 37.0 Å². The number of hydrogen-bond donors (Lipinski definition) is 1. The van der Waals surface area contributed by atoms with E-state index in [0.29, 0.717) is 17.1 Å². The monoisotopic (exact) mass is 583 g/mol. The molecule has 3 aliphatic rings. The average molecular weight is 584 g/mol. The largest absolute Gasteiger partial charge is 0.497 e. The Morgan fingerprint density at radius 1 is 0.953 bits per heavy atom. The van der Waals surface area contributed by atoms with Crippen LogP contribution in [0.15, 0.2) is 99.4 Å². The quantitative estimate of drug-likeness (QED) is 0.364. The highest BCUT2D eigenvalue weighted by Crippen LogP contribution is 2.44. The highest BCUT2D eigenvalue weighted by Gasteiger charge is 2.50. The molecule has 0 spiro atoms. The summed E-state index contributed by atoms with van der Waals surface area (Å²) in [5.74, 6) is 1.51. The number of halogens is 1. The van der Waals surface area contributed by atoms with Crippen LogP contribution in [0.1, 0.15) is 22.3 Å². The number of carbonyl (C=O) groups excluding carboxylic acids is 1. The zero-order chi connectivity index (χ0) is 30.1. The fourth-order valence-electron chi connectivity index (χ4n) is 5.78. The Balaban J connectivity index is 1.40. The maximum Gasteiger partial charge on any atom is 0.369 e. The molecule has 0 bridgehead atoms. The van der Waals surface area contributed by atoms with Crippen molar-refractivity contribution < 1.29 is 33.2 Å². The number of aryl methyl sites for hydroxylation is 1. The third-order valence-corrected chi connectivity index (χ3v) is 7.91. The lowest BCUT2D eigenvalue weighted by Gasteiger charge is -2.38. The number of benzene rings is 3. The van der Waals surface area contributed by atoms with Crippen LogP contribution in [0.5, 0.6) is 11.5 Å². The van der Waals surface area contributed by atoms with Gasteiger partial charge in [0.15, 0.2) is 12.0 Å². The number of fused-ring (bicyclic) bond motifs is 1. The standard InChI is InChI=1S/C33H30FN3O6/c1-19-17-23(41-3)13-14-25(19)33(20-7-5-4-6-8-20,21-9-11-22(40-2)12-10-21)42-18-26-29(38)27(34)30(43-26)28-24-15-16-35-31(24)37-32(39)36-28/h4-17,26-27,29-30,38H,18H2,1-3H3/t26-,27-,29+,30?,33?/m1/s1. The molecule has 3 aromatic rings. The van der Waals surface area contributed by atoms with Crippen LogP contribution in [0, 0.1) is 6.92 Å². The minimum atomic E-state index is -1.86. The molecular formula is C33H30FN3O6. The van der Waals surface area contributed by atoms with Crippen LogP contribution < -0.4 is 9.47 Å². The van der Waals surface area contributed by atoms with Crippen molar-refractivity contribution >= 4 is 23.8 Å². The van der Waals surface area contributed by atoms with Gasteiger partial charge in [0.05, 0.1) is 26.5 Å². The SMILES string of the molecule is COc1ccc(C(OC[C@H]2OC(C3=NC(=O)N=C4N=CC=C43)[C@H](F)[C@H]2O)(c2ccccc2)c2ccc(OC)cc2C)cc1. The smallest absolute Gasteiger partial charge is 0.369 e. The molecular weight excluding hydrogens is 553 g/mol. The van der Waals surface area contributed by atoms with Crippen LogP contribution in [0.2, 0.25) is 0 Å². The Bertz CT molecular complexity index is 1650. The molecule has 2 amide bonds. The summed E-state index contributed by atoms with van der Waals surface area (Å²) in [7, 11) is 3.20. The van der Waals surface area contributed by atoms with E-state index in [4.69, 9.17) is 18.9 Å². The number of amides is 2. The predicted octanol–water partition coefficient (Wildman–Crippen LogP) is 4.77. The maximum atomic E-state index is 15.7. The van der Waals surface area contributed by atoms with Gasteiger partial charge in [0.2, 0.25) is 0 Å². The van der Waals surface area contributed by atoms with E-state index < -0.39 is 36.1 Å². The zero-order valence-corrected chi connectivity index (χ0v) is 23.8. The number of amidine groups is 1. The number of aliphatic hydroxyl groups is 1. The molecule has 1 N–H and O–H groups in total. The highest BCUT2D eigenvalue weighted by atomic mass is 19.1. The number of nitrogens with zero attached hydrogens (tertiary/aromatic N) is 3. The van der Waals surface area contributed by atoms with Crippen molar-refractivity contribution in [1.82, 2.24) is 0 Å². The number of hydrogen-bond acceptors (Lipinski definition) is 7. The number of methoxy groups -OCH3 is 2. The number of allylic oxidation sites excluding steroid dienone is 1. The van der Waals surface area contributed by atoms with E-state index in [0.717, 1.165) is 22.3 Å². The van der Waals surface area contributed by atoms with Gasteiger partial charge < -0.3 is 24.1 Å². The van der Waals surface area contributed by atoms with E-state index in [1.165, 1.54) is 6.21 Å². The van der Waals surface area contributed by atoms with Gasteiger partial charge in [0.25, 0.3) is 0 Å². The Morgan fingerprint density at radius 3 is 2.35 bits per heavy atom. The van der Waals surface area contributed by atoms with Gasteiger partial charge in [-0.05, 0) is 59.5 Å². The van der Waals surface area contributed by atoms with Crippen LogP contribution in [0.4, 0.5) is 9.18 Å². The second-order valence-electron chi connectivity index (χ2n) is 10.4. The fourth-order valence-corrected chi connectivity index (χ4v) is 5.78. The summed E-state index contributed by atoms with van der Waals surface area (Å²) < 4.78 is 39.5. The summed E-state index contributed by atoms with van der Waals surface area (Å²) in [6.45, 7) is 1.77. The first-order chi connectivity index (χ1) is 20.8. The molecule has 2 unspecified atom stereocenters. The number of alkyl halides is 1. The summed E-state index contributed by atoms with van der Waals surface area (Å²) in [5, 5.41) is 11.0. The van der Waals surface area contributed by atoms with Gasteiger partial charge in [-0.2, -0.15) is 9.98 Å². The van der Waals surface area contributed by atoms with Gasteiger partial charge in [-0.25, -0.2) is 14.2 Å². The van der Waals surface area contributed by atoms with Gasteiger partial charge in [0, 0.05) is 11.8 Å². The van der Waals surface area contributed by atoms with E-state index >= 15 is 4.39 Å². The number of rotatable bonds is 9. The second-order valence-corrected chi connectivity index (χ2v) is 10.4. The third kappa shape index (κ3) is 5.07. The Kier molecular flexibility index (Phi) is 7.74. The lowest BCUT2D eigenvalue weighted by Crippen LogP contribution is -2.39. The number of carbonyl (C=O) groups is 1. The topological polar surface area (TPSA) is 111 Å². The van der Waals surface area contributed by atoms with Crippen LogP contribution in [0.3, 0.4) is 0 Å². The zero-order valence-electron chi connectivity index (χ0n) is 23.8. The van der Waals surface area contributed by atoms with Crippen molar-refractivity contribution in [1.29, 1.82) is 0 Å². The molecule has 43 heavy (non-hydrogen) atoms. The summed E-state index contributed by atoms with van der Waals surface area (Å²) in [6.07, 6.45) is -2.75. The molecule has 220 valence electrons. The summed E-state index contributed by atoms with van der Waals surface area (Å²) in [5.41, 5.74) is 2.56. The molecule has 9 nitrogen and oxygen atoms in total. The first-order valence-corrected chi connectivity index (χ1v) is 13.8. The van der Waals surface area contributed by atoms with Gasteiger partial charge >= 0.3 is 6.03 Å². The van der Waals surface area contributed by atoms with Gasteiger partial charge in [-0.15, -0.1) is 0 Å². The summed E-state index contributed by atoms with van der Waals surface area (Å²) in [4.78, 5) is 23.9. The molecule has 3 aliphatic heterocycles. The lowest BCUT2D eigenvalue weighted by atomic mass is 9.78. The molecule has 0 aromatic heterocycles. The highest BCUT2D eigenvalue weighted by molar-refractivity contribution is 6.35. The minimum Gasteiger partial charge on any atom is -0.497 e. The second kappa shape index (κ2) is 11.6. The predicted molar refractivity (Wildman–Crippen MR) is 159 cm³/mol. The molecule has 6 rings (SSSR count). The van der Waals surface area contributed by atoms with Crippen LogP contribution >= 0.6 is 0 Å². The fraction of sp³-hybridized carbons (Fsp3) is 0.273. The van der Waals surface area contributed by atoms with Crippen molar-refractivity contribution in [3.8, 4) is 11.5 Å². The maximum absolute atomic E-state index is 15.7. The molecule has 5 atom stereocenters. The summed E-state index contributed by atoms with van der Waals surface area (Å²) >= 11 is 0. The lowest BCUT2D eigenvalue weighted by molar-refractivity contribution is -0.0756. The Hall–Kier alpha value is -4.51. The summed E-state index contributed by atoms with van der Waals surface area (Å²) in [6, 6.07) is 22.1. The molecule has 3 heterocycles. The van der Waals surface area contributed by atoms with Crippen molar-refractivity contribution in [2.75, 3.05) is 20.8 Å². The Morgan fingerprint density at radius 2 is 1.65 bits per heavy atom. The molecule has 3 aromatic carbocycles. The number of aliphatic hydroxyl groups excluding tert-OH is 1. The van der Waals surface area contributed by atoms with E-state index in [-0.39, 0.29) is 18.2 Å². The molecule has 0 aliphatic carbocycles. The van der Waals surface area contributed by atoms with Gasteiger partial charge in [-0.1, -0.05) is 48.5 Å². The first-order valence-electron chi connectivity index (χ1n) is 13.8. The molecule has 0 radical (unpaired) electrons. The van der Waals surface area contributed by atoms with E-state index in [9.17, 15) is 9.90 Å². The van der Waals surface area contributed by atoms with Crippen LogP contribution in [0.25, 0.3) is 0 Å². The first kappa shape index (κ1) is 28.6. The Labute approximate surface area is 248 Å². The van der Waals surface area contributed by atoms with Crippen molar-refractivity contribution in [3.05, 3.63) is 107 Å².